The first-order valence-corrected chi connectivity index (χ1v) is 9.29. The first kappa shape index (κ1) is 19.6. The lowest BCUT2D eigenvalue weighted by Crippen LogP contribution is -2.39. The zero-order valence-electron chi connectivity index (χ0n) is 15.0. The van der Waals surface area contributed by atoms with Crippen LogP contribution in [0.3, 0.4) is 0 Å². The molecule has 1 aromatic rings. The maximum Gasteiger partial charge on any atom is 0.258 e. The zero-order valence-corrected chi connectivity index (χ0v) is 15.7. The largest absolute Gasteiger partial charge is 0.484 e. The highest BCUT2D eigenvalue weighted by atomic mass is 35.5. The van der Waals surface area contributed by atoms with E-state index in [4.69, 9.17) is 16.3 Å². The second-order valence-corrected chi connectivity index (χ2v) is 7.01. The quantitative estimate of drug-likeness (QED) is 0.728. The maximum absolute atomic E-state index is 12.0. The molecule has 0 aliphatic heterocycles. The van der Waals surface area contributed by atoms with Gasteiger partial charge in [0.2, 0.25) is 5.91 Å². The summed E-state index contributed by atoms with van der Waals surface area (Å²) in [4.78, 5) is 23.8. The SMILES string of the molecule is Cc1cc(OCC(=O)NCCNC(=O)C2CCCCC2)cc(C)c1Cl. The smallest absolute Gasteiger partial charge is 0.258 e. The molecule has 1 aliphatic rings. The Labute approximate surface area is 154 Å². The Kier molecular flexibility index (Phi) is 7.56. The van der Waals surface area contributed by atoms with Gasteiger partial charge in [-0.3, -0.25) is 9.59 Å². The molecule has 0 bridgehead atoms. The molecule has 2 rings (SSSR count). The van der Waals surface area contributed by atoms with Crippen LogP contribution in [0.4, 0.5) is 0 Å². The Morgan fingerprint density at radius 3 is 2.32 bits per heavy atom. The van der Waals surface area contributed by atoms with Gasteiger partial charge in [0.05, 0.1) is 0 Å². The van der Waals surface area contributed by atoms with Crippen molar-refractivity contribution in [2.24, 2.45) is 5.92 Å². The van der Waals surface area contributed by atoms with Gasteiger partial charge in [-0.15, -0.1) is 0 Å². The minimum Gasteiger partial charge on any atom is -0.484 e. The summed E-state index contributed by atoms with van der Waals surface area (Å²) >= 11 is 6.11. The van der Waals surface area contributed by atoms with E-state index in [0.717, 1.165) is 36.8 Å². The molecule has 1 aromatic carbocycles. The van der Waals surface area contributed by atoms with Crippen LogP contribution >= 0.6 is 11.6 Å². The predicted molar refractivity (Wildman–Crippen MR) is 99.0 cm³/mol. The summed E-state index contributed by atoms with van der Waals surface area (Å²) in [5.74, 6) is 0.666. The van der Waals surface area contributed by atoms with E-state index in [2.05, 4.69) is 10.6 Å². The lowest BCUT2D eigenvalue weighted by molar-refractivity contribution is -0.126. The van der Waals surface area contributed by atoms with Crippen LogP contribution in [0.1, 0.15) is 43.2 Å². The van der Waals surface area contributed by atoms with Crippen LogP contribution in [0.2, 0.25) is 5.02 Å². The molecule has 1 aliphatic carbocycles. The fourth-order valence-corrected chi connectivity index (χ4v) is 3.20. The van der Waals surface area contributed by atoms with E-state index in [1.54, 1.807) is 0 Å². The van der Waals surface area contributed by atoms with Gasteiger partial charge in [0, 0.05) is 24.0 Å². The van der Waals surface area contributed by atoms with Crippen molar-refractivity contribution in [1.82, 2.24) is 10.6 Å². The molecule has 138 valence electrons. The minimum absolute atomic E-state index is 0.0584. The Bertz CT molecular complexity index is 590. The van der Waals surface area contributed by atoms with Gasteiger partial charge in [0.25, 0.3) is 5.91 Å². The summed E-state index contributed by atoms with van der Waals surface area (Å²) in [5, 5.41) is 6.35. The van der Waals surface area contributed by atoms with Gasteiger partial charge in [-0.1, -0.05) is 30.9 Å². The van der Waals surface area contributed by atoms with Gasteiger partial charge in [0.15, 0.2) is 6.61 Å². The molecule has 5 nitrogen and oxygen atoms in total. The second kappa shape index (κ2) is 9.66. The molecule has 0 spiro atoms. The number of ether oxygens (including phenoxy) is 1. The van der Waals surface area contributed by atoms with Gasteiger partial charge in [-0.25, -0.2) is 0 Å². The third-order valence-corrected chi connectivity index (χ3v) is 5.10. The molecule has 0 aromatic heterocycles. The fourth-order valence-electron chi connectivity index (χ4n) is 3.09. The van der Waals surface area contributed by atoms with E-state index in [0.29, 0.717) is 23.9 Å². The summed E-state index contributed by atoms with van der Waals surface area (Å²) in [6, 6.07) is 3.63. The number of rotatable bonds is 7. The lowest BCUT2D eigenvalue weighted by atomic mass is 9.89. The van der Waals surface area contributed by atoms with Crippen molar-refractivity contribution in [1.29, 1.82) is 0 Å². The third kappa shape index (κ3) is 6.24. The minimum atomic E-state index is -0.211. The van der Waals surface area contributed by atoms with Crippen LogP contribution in [0, 0.1) is 19.8 Å². The average molecular weight is 367 g/mol. The lowest BCUT2D eigenvalue weighted by Gasteiger charge is -2.20. The summed E-state index contributed by atoms with van der Waals surface area (Å²) in [5.41, 5.74) is 1.84. The Morgan fingerprint density at radius 2 is 1.68 bits per heavy atom. The fraction of sp³-hybridized carbons (Fsp3) is 0.579. The van der Waals surface area contributed by atoms with E-state index in [1.807, 2.05) is 26.0 Å². The van der Waals surface area contributed by atoms with Gasteiger partial charge in [0.1, 0.15) is 5.75 Å². The van der Waals surface area contributed by atoms with Gasteiger partial charge in [-0.05, 0) is 49.9 Å². The summed E-state index contributed by atoms with van der Waals surface area (Å²) in [6.07, 6.45) is 5.45. The molecule has 1 saturated carbocycles. The van der Waals surface area contributed by atoms with Crippen molar-refractivity contribution in [3.8, 4) is 5.75 Å². The first-order chi connectivity index (χ1) is 12.0. The highest BCUT2D eigenvalue weighted by molar-refractivity contribution is 6.32. The Morgan fingerprint density at radius 1 is 1.08 bits per heavy atom. The number of nitrogens with one attached hydrogen (secondary N) is 2. The highest BCUT2D eigenvalue weighted by Crippen LogP contribution is 2.25. The van der Waals surface area contributed by atoms with Crippen molar-refractivity contribution >= 4 is 23.4 Å². The standard InChI is InChI=1S/C19H27ClN2O3/c1-13-10-16(11-14(2)18(13)20)25-12-17(23)21-8-9-22-19(24)15-6-4-3-5-7-15/h10-11,15H,3-9,12H2,1-2H3,(H,21,23)(H,22,24). The van der Waals surface area contributed by atoms with Gasteiger partial charge >= 0.3 is 0 Å². The van der Waals surface area contributed by atoms with E-state index in [9.17, 15) is 9.59 Å². The van der Waals surface area contributed by atoms with Crippen LogP contribution in [-0.4, -0.2) is 31.5 Å². The number of aryl methyl sites for hydroxylation is 2. The molecule has 6 heteroatoms. The van der Waals surface area contributed by atoms with Crippen molar-refractivity contribution in [2.45, 2.75) is 46.0 Å². The number of carbonyl (C=O) groups is 2. The topological polar surface area (TPSA) is 67.4 Å². The van der Waals surface area contributed by atoms with Gasteiger partial charge < -0.3 is 15.4 Å². The number of benzene rings is 1. The van der Waals surface area contributed by atoms with E-state index >= 15 is 0 Å². The molecule has 0 radical (unpaired) electrons. The second-order valence-electron chi connectivity index (χ2n) is 6.64. The number of hydrogen-bond donors (Lipinski definition) is 2. The molecule has 2 amide bonds. The zero-order chi connectivity index (χ0) is 18.2. The molecular formula is C19H27ClN2O3. The third-order valence-electron chi connectivity index (χ3n) is 4.50. The average Bonchev–Trinajstić information content (AvgIpc) is 2.62. The van der Waals surface area contributed by atoms with Crippen LogP contribution in [0.25, 0.3) is 0 Å². The molecule has 0 heterocycles. The predicted octanol–water partition coefficient (Wildman–Crippen LogP) is 3.15. The summed E-state index contributed by atoms with van der Waals surface area (Å²) < 4.78 is 5.50. The first-order valence-electron chi connectivity index (χ1n) is 8.91. The molecular weight excluding hydrogens is 340 g/mol. The maximum atomic E-state index is 12.0. The van der Waals surface area contributed by atoms with E-state index in [1.165, 1.54) is 6.42 Å². The molecule has 2 N–H and O–H groups in total. The van der Waals surface area contributed by atoms with Crippen molar-refractivity contribution in [3.05, 3.63) is 28.3 Å². The monoisotopic (exact) mass is 366 g/mol. The number of amides is 2. The van der Waals surface area contributed by atoms with Crippen LogP contribution < -0.4 is 15.4 Å². The molecule has 0 unspecified atom stereocenters. The van der Waals surface area contributed by atoms with Crippen LogP contribution in [0.15, 0.2) is 12.1 Å². The molecule has 0 atom stereocenters. The van der Waals surface area contributed by atoms with Crippen LogP contribution in [-0.2, 0) is 9.59 Å². The van der Waals surface area contributed by atoms with E-state index < -0.39 is 0 Å². The van der Waals surface area contributed by atoms with Crippen molar-refractivity contribution in [3.63, 3.8) is 0 Å². The number of carbonyl (C=O) groups excluding carboxylic acids is 2. The molecule has 0 saturated heterocycles. The molecule has 25 heavy (non-hydrogen) atoms. The van der Waals surface area contributed by atoms with E-state index in [-0.39, 0.29) is 24.3 Å². The number of hydrogen-bond acceptors (Lipinski definition) is 3. The van der Waals surface area contributed by atoms with Crippen molar-refractivity contribution in [2.75, 3.05) is 19.7 Å². The highest BCUT2D eigenvalue weighted by Gasteiger charge is 2.20. The Hall–Kier alpha value is -1.75. The summed E-state index contributed by atoms with van der Waals surface area (Å²) in [6.45, 7) is 4.59. The Balaban J connectivity index is 1.63. The van der Waals surface area contributed by atoms with Crippen LogP contribution in [0.5, 0.6) is 5.75 Å². The van der Waals surface area contributed by atoms with Crippen molar-refractivity contribution < 1.29 is 14.3 Å². The summed E-state index contributed by atoms with van der Waals surface area (Å²) in [7, 11) is 0. The number of halogens is 1. The molecule has 1 fully saturated rings. The van der Waals surface area contributed by atoms with Gasteiger partial charge in [-0.2, -0.15) is 0 Å². The normalized spacial score (nSPS) is 14.8.